The summed E-state index contributed by atoms with van der Waals surface area (Å²) in [5.41, 5.74) is 4.87. The molecule has 1 fully saturated rings. The van der Waals surface area contributed by atoms with Gasteiger partial charge in [-0.05, 0) is 46.1 Å². The molecule has 29 heavy (non-hydrogen) atoms. The van der Waals surface area contributed by atoms with Gasteiger partial charge in [-0.2, -0.15) is 5.10 Å². The van der Waals surface area contributed by atoms with Crippen molar-refractivity contribution in [2.75, 3.05) is 19.6 Å². The summed E-state index contributed by atoms with van der Waals surface area (Å²) in [6.45, 7) is 12.3. The zero-order valence-corrected chi connectivity index (χ0v) is 18.6. The second-order valence-electron chi connectivity index (χ2n) is 8.01. The molecular formula is C23H36N6. The molecule has 2 N–H and O–H groups in total. The van der Waals surface area contributed by atoms with Crippen molar-refractivity contribution in [3.05, 3.63) is 52.8 Å². The number of aryl methyl sites for hydroxylation is 2. The molecule has 0 amide bonds. The van der Waals surface area contributed by atoms with E-state index in [-0.39, 0.29) is 0 Å². The molecule has 0 spiro atoms. The molecule has 158 valence electrons. The molecule has 6 nitrogen and oxygen atoms in total. The smallest absolute Gasteiger partial charge is 0.191 e. The number of likely N-dealkylation sites (tertiary alicyclic amines) is 1. The van der Waals surface area contributed by atoms with E-state index in [1.54, 1.807) is 0 Å². The predicted molar refractivity (Wildman–Crippen MR) is 120 cm³/mol. The van der Waals surface area contributed by atoms with Crippen LogP contribution in [0, 0.1) is 13.8 Å². The summed E-state index contributed by atoms with van der Waals surface area (Å²) >= 11 is 0. The van der Waals surface area contributed by atoms with Gasteiger partial charge in [0.1, 0.15) is 0 Å². The molecule has 6 heteroatoms. The van der Waals surface area contributed by atoms with Gasteiger partial charge in [-0.25, -0.2) is 4.99 Å². The van der Waals surface area contributed by atoms with E-state index in [1.807, 2.05) is 11.7 Å². The third kappa shape index (κ3) is 5.38. The van der Waals surface area contributed by atoms with E-state index in [0.717, 1.165) is 44.1 Å². The Morgan fingerprint density at radius 3 is 2.48 bits per heavy atom. The highest BCUT2D eigenvalue weighted by Gasteiger charge is 2.24. The van der Waals surface area contributed by atoms with Crippen LogP contribution in [-0.4, -0.2) is 46.3 Å². The van der Waals surface area contributed by atoms with Crippen molar-refractivity contribution < 1.29 is 0 Å². The lowest BCUT2D eigenvalue weighted by Gasteiger charge is -2.37. The molecule has 1 unspecified atom stereocenters. The number of benzene rings is 1. The van der Waals surface area contributed by atoms with E-state index >= 15 is 0 Å². The Balaban J connectivity index is 1.56. The summed E-state index contributed by atoms with van der Waals surface area (Å²) in [6.07, 6.45) is 2.26. The van der Waals surface area contributed by atoms with Crippen molar-refractivity contribution in [2.45, 2.75) is 59.2 Å². The number of rotatable bonds is 6. The van der Waals surface area contributed by atoms with E-state index in [9.17, 15) is 0 Å². The molecule has 1 aromatic heterocycles. The normalized spacial score (nSPS) is 17.3. The molecule has 0 saturated carbocycles. The maximum absolute atomic E-state index is 4.84. The van der Waals surface area contributed by atoms with Crippen LogP contribution in [0.15, 0.2) is 35.3 Å². The first kappa shape index (κ1) is 21.4. The van der Waals surface area contributed by atoms with Gasteiger partial charge in [0, 0.05) is 50.0 Å². The van der Waals surface area contributed by atoms with E-state index in [0.29, 0.717) is 18.6 Å². The largest absolute Gasteiger partial charge is 0.357 e. The number of piperidine rings is 1. The van der Waals surface area contributed by atoms with E-state index in [2.05, 4.69) is 78.7 Å². The summed E-state index contributed by atoms with van der Waals surface area (Å²) in [5.74, 6) is 0.907. The van der Waals surface area contributed by atoms with Gasteiger partial charge in [0.25, 0.3) is 0 Å². The zero-order chi connectivity index (χ0) is 20.8. The average molecular weight is 397 g/mol. The summed E-state index contributed by atoms with van der Waals surface area (Å²) in [4.78, 5) is 7.43. The molecule has 1 atom stereocenters. The maximum atomic E-state index is 4.84. The van der Waals surface area contributed by atoms with Crippen LogP contribution in [0.5, 0.6) is 0 Å². The number of guanidine groups is 1. The molecule has 1 saturated heterocycles. The second-order valence-corrected chi connectivity index (χ2v) is 8.01. The topological polar surface area (TPSA) is 57.5 Å². The first-order valence-electron chi connectivity index (χ1n) is 10.8. The SMILES string of the molecule is CCNC(=NCc1c(C)nn(C)c1C)NC1CCN(C(C)c2ccccc2)CC1. The van der Waals surface area contributed by atoms with Crippen LogP contribution in [0.3, 0.4) is 0 Å². The molecule has 1 aromatic carbocycles. The third-order valence-corrected chi connectivity index (χ3v) is 6.10. The first-order chi connectivity index (χ1) is 14.0. The Hall–Kier alpha value is -2.34. The van der Waals surface area contributed by atoms with Crippen LogP contribution in [0.2, 0.25) is 0 Å². The lowest BCUT2D eigenvalue weighted by atomic mass is 10.0. The van der Waals surface area contributed by atoms with Crippen LogP contribution >= 0.6 is 0 Å². The van der Waals surface area contributed by atoms with Gasteiger partial charge in [-0.15, -0.1) is 0 Å². The van der Waals surface area contributed by atoms with Gasteiger partial charge in [-0.3, -0.25) is 9.58 Å². The summed E-state index contributed by atoms with van der Waals surface area (Å²) < 4.78 is 1.93. The molecule has 1 aliphatic rings. The molecule has 2 heterocycles. The highest BCUT2D eigenvalue weighted by Crippen LogP contribution is 2.24. The van der Waals surface area contributed by atoms with Crippen molar-refractivity contribution in [3.8, 4) is 0 Å². The minimum atomic E-state index is 0.461. The Bertz CT molecular complexity index is 802. The summed E-state index contributed by atoms with van der Waals surface area (Å²) in [6, 6.07) is 11.7. The van der Waals surface area contributed by atoms with E-state index in [4.69, 9.17) is 4.99 Å². The van der Waals surface area contributed by atoms with E-state index in [1.165, 1.54) is 16.8 Å². The lowest BCUT2D eigenvalue weighted by molar-refractivity contribution is 0.158. The zero-order valence-electron chi connectivity index (χ0n) is 18.6. The van der Waals surface area contributed by atoms with E-state index < -0.39 is 0 Å². The maximum Gasteiger partial charge on any atom is 0.191 e. The fourth-order valence-electron chi connectivity index (χ4n) is 4.09. The van der Waals surface area contributed by atoms with Crippen LogP contribution in [0.25, 0.3) is 0 Å². The Morgan fingerprint density at radius 2 is 1.90 bits per heavy atom. The van der Waals surface area contributed by atoms with Gasteiger partial charge in [0.2, 0.25) is 0 Å². The third-order valence-electron chi connectivity index (χ3n) is 6.10. The van der Waals surface area contributed by atoms with Crippen LogP contribution in [0.1, 0.15) is 55.2 Å². The number of hydrogen-bond acceptors (Lipinski definition) is 3. The first-order valence-corrected chi connectivity index (χ1v) is 10.8. The predicted octanol–water partition coefficient (Wildman–Crippen LogP) is 3.32. The van der Waals surface area contributed by atoms with Crippen LogP contribution in [-0.2, 0) is 13.6 Å². The molecule has 0 bridgehead atoms. The Labute approximate surface area is 175 Å². The fraction of sp³-hybridized carbons (Fsp3) is 0.565. The Morgan fingerprint density at radius 1 is 1.21 bits per heavy atom. The van der Waals surface area contributed by atoms with Crippen molar-refractivity contribution in [1.82, 2.24) is 25.3 Å². The van der Waals surface area contributed by atoms with Crippen molar-refractivity contribution in [1.29, 1.82) is 0 Å². The second kappa shape index (κ2) is 9.92. The Kier molecular flexibility index (Phi) is 7.31. The fourth-order valence-corrected chi connectivity index (χ4v) is 4.09. The van der Waals surface area contributed by atoms with Crippen molar-refractivity contribution in [3.63, 3.8) is 0 Å². The van der Waals surface area contributed by atoms with Crippen molar-refractivity contribution >= 4 is 5.96 Å². The van der Waals surface area contributed by atoms with Gasteiger partial charge in [0.15, 0.2) is 5.96 Å². The number of nitrogens with one attached hydrogen (secondary N) is 2. The number of hydrogen-bond donors (Lipinski definition) is 2. The van der Waals surface area contributed by atoms with Gasteiger partial charge in [-0.1, -0.05) is 30.3 Å². The number of nitrogens with zero attached hydrogens (tertiary/aromatic N) is 4. The lowest BCUT2D eigenvalue weighted by Crippen LogP contribution is -2.49. The molecule has 2 aromatic rings. The van der Waals surface area contributed by atoms with Gasteiger partial charge < -0.3 is 10.6 Å². The summed E-state index contributed by atoms with van der Waals surface area (Å²) in [5, 5.41) is 11.6. The van der Waals surface area contributed by atoms with Crippen molar-refractivity contribution in [2.24, 2.45) is 12.0 Å². The van der Waals surface area contributed by atoms with Gasteiger partial charge >= 0.3 is 0 Å². The molecular weight excluding hydrogens is 360 g/mol. The molecule has 0 radical (unpaired) electrons. The van der Waals surface area contributed by atoms with Crippen LogP contribution in [0.4, 0.5) is 0 Å². The summed E-state index contributed by atoms with van der Waals surface area (Å²) in [7, 11) is 1.99. The average Bonchev–Trinajstić information content (AvgIpc) is 2.98. The quantitative estimate of drug-likeness (QED) is 0.581. The standard InChI is InChI=1S/C23H36N6/c1-6-24-23(25-16-22-17(2)27-28(5)19(22)4)26-21-12-14-29(15-13-21)18(3)20-10-8-7-9-11-20/h7-11,18,21H,6,12-16H2,1-5H3,(H2,24,25,26). The molecule has 0 aliphatic carbocycles. The minimum Gasteiger partial charge on any atom is -0.357 e. The highest BCUT2D eigenvalue weighted by molar-refractivity contribution is 5.80. The number of aliphatic imine (C=N–C) groups is 1. The van der Waals surface area contributed by atoms with Crippen LogP contribution < -0.4 is 10.6 Å². The number of aromatic nitrogens is 2. The minimum absolute atomic E-state index is 0.461. The molecule has 3 rings (SSSR count). The van der Waals surface area contributed by atoms with Gasteiger partial charge in [0.05, 0.1) is 12.2 Å². The monoisotopic (exact) mass is 396 g/mol. The molecule has 1 aliphatic heterocycles. The highest BCUT2D eigenvalue weighted by atomic mass is 15.3.